The van der Waals surface area contributed by atoms with E-state index in [-0.39, 0.29) is 5.78 Å². The van der Waals surface area contributed by atoms with E-state index in [2.05, 4.69) is 0 Å². The van der Waals surface area contributed by atoms with Gasteiger partial charge in [0.15, 0.2) is 5.78 Å². The lowest BCUT2D eigenvalue weighted by Gasteiger charge is -2.20. The van der Waals surface area contributed by atoms with Crippen LogP contribution in [0.3, 0.4) is 0 Å². The molecule has 2 nitrogen and oxygen atoms in total. The molecule has 0 spiro atoms. The number of benzene rings is 1. The van der Waals surface area contributed by atoms with Gasteiger partial charge in [0.1, 0.15) is 5.75 Å². The number of ketones is 1. The molecular weight excluding hydrogens is 260 g/mol. The third-order valence-electron chi connectivity index (χ3n) is 3.98. The maximum atomic E-state index is 12.1. The van der Waals surface area contributed by atoms with Crippen LogP contribution < -0.4 is 4.74 Å². The molecule has 0 unspecified atom stereocenters. The maximum absolute atomic E-state index is 12.1. The molecule has 0 radical (unpaired) electrons. The van der Waals surface area contributed by atoms with Crippen LogP contribution in [0.1, 0.15) is 55.3 Å². The molecule has 1 saturated carbocycles. The Morgan fingerprint density at radius 1 is 1.32 bits per heavy atom. The lowest BCUT2D eigenvalue weighted by molar-refractivity contribution is 0.0970. The SMILES string of the molecule is COc1ccc(C(=O)CCC2CCCCC2)cc1Cl. The lowest BCUT2D eigenvalue weighted by atomic mass is 9.85. The second kappa shape index (κ2) is 6.95. The lowest BCUT2D eigenvalue weighted by Crippen LogP contribution is -2.09. The van der Waals surface area contributed by atoms with Crippen molar-refractivity contribution in [2.45, 2.75) is 44.9 Å². The van der Waals surface area contributed by atoms with Gasteiger partial charge in [0.25, 0.3) is 0 Å². The summed E-state index contributed by atoms with van der Waals surface area (Å²) in [5, 5.41) is 0.506. The first kappa shape index (κ1) is 14.4. The molecule has 1 aromatic rings. The van der Waals surface area contributed by atoms with Gasteiger partial charge in [-0.2, -0.15) is 0 Å². The zero-order chi connectivity index (χ0) is 13.7. The number of methoxy groups -OCH3 is 1. The molecule has 19 heavy (non-hydrogen) atoms. The zero-order valence-corrected chi connectivity index (χ0v) is 12.2. The van der Waals surface area contributed by atoms with E-state index in [9.17, 15) is 4.79 Å². The quantitative estimate of drug-likeness (QED) is 0.718. The number of rotatable bonds is 5. The Morgan fingerprint density at radius 3 is 2.68 bits per heavy atom. The predicted molar refractivity (Wildman–Crippen MR) is 78.1 cm³/mol. The highest BCUT2D eigenvalue weighted by atomic mass is 35.5. The number of hydrogen-bond acceptors (Lipinski definition) is 2. The van der Waals surface area contributed by atoms with Crippen molar-refractivity contribution < 1.29 is 9.53 Å². The van der Waals surface area contributed by atoms with Gasteiger partial charge in [-0.3, -0.25) is 4.79 Å². The van der Waals surface area contributed by atoms with Gasteiger partial charge in [0.2, 0.25) is 0 Å². The molecule has 1 aromatic carbocycles. The Balaban J connectivity index is 1.90. The molecule has 2 rings (SSSR count). The summed E-state index contributed by atoms with van der Waals surface area (Å²) in [5.41, 5.74) is 0.696. The average molecular weight is 281 g/mol. The summed E-state index contributed by atoms with van der Waals surface area (Å²) in [6, 6.07) is 5.27. The van der Waals surface area contributed by atoms with Crippen molar-refractivity contribution in [3.8, 4) is 5.75 Å². The standard InChI is InChI=1S/C16H21ClO2/c1-19-16-10-8-13(11-14(16)17)15(18)9-7-12-5-3-2-4-6-12/h8,10-12H,2-7,9H2,1H3. The van der Waals surface area contributed by atoms with Crippen molar-refractivity contribution >= 4 is 17.4 Å². The molecule has 0 heterocycles. The van der Waals surface area contributed by atoms with Crippen LogP contribution in [0.2, 0.25) is 5.02 Å². The summed E-state index contributed by atoms with van der Waals surface area (Å²) in [4.78, 5) is 12.1. The molecule has 0 atom stereocenters. The van der Waals surface area contributed by atoms with Crippen LogP contribution in [-0.2, 0) is 0 Å². The van der Waals surface area contributed by atoms with Gasteiger partial charge in [-0.25, -0.2) is 0 Å². The van der Waals surface area contributed by atoms with Gasteiger partial charge in [-0.05, 0) is 30.5 Å². The largest absolute Gasteiger partial charge is 0.495 e. The third kappa shape index (κ3) is 3.97. The van der Waals surface area contributed by atoms with E-state index < -0.39 is 0 Å². The fraction of sp³-hybridized carbons (Fsp3) is 0.562. The molecule has 3 heteroatoms. The summed E-state index contributed by atoms with van der Waals surface area (Å²) < 4.78 is 5.09. The normalized spacial score (nSPS) is 16.3. The highest BCUT2D eigenvalue weighted by Crippen LogP contribution is 2.29. The number of ether oxygens (including phenoxy) is 1. The Hall–Kier alpha value is -1.02. The number of carbonyl (C=O) groups is 1. The van der Waals surface area contributed by atoms with Crippen molar-refractivity contribution in [2.24, 2.45) is 5.92 Å². The Kier molecular flexibility index (Phi) is 5.26. The van der Waals surface area contributed by atoms with Crippen LogP contribution in [-0.4, -0.2) is 12.9 Å². The zero-order valence-electron chi connectivity index (χ0n) is 11.5. The molecule has 0 bridgehead atoms. The third-order valence-corrected chi connectivity index (χ3v) is 4.27. The van der Waals surface area contributed by atoms with Gasteiger partial charge < -0.3 is 4.74 Å². The number of carbonyl (C=O) groups excluding carboxylic acids is 1. The Labute approximate surface area is 120 Å². The monoisotopic (exact) mass is 280 g/mol. The van der Waals surface area contributed by atoms with Gasteiger partial charge in [-0.1, -0.05) is 43.7 Å². The Morgan fingerprint density at radius 2 is 2.05 bits per heavy atom. The van der Waals surface area contributed by atoms with Gasteiger partial charge in [0.05, 0.1) is 12.1 Å². The molecular formula is C16H21ClO2. The molecule has 0 amide bonds. The molecule has 104 valence electrons. The van der Waals surface area contributed by atoms with Crippen LogP contribution in [0, 0.1) is 5.92 Å². The predicted octanol–water partition coefficient (Wildman–Crippen LogP) is 4.89. The van der Waals surface area contributed by atoms with Crippen LogP contribution in [0.15, 0.2) is 18.2 Å². The van der Waals surface area contributed by atoms with Crippen LogP contribution in [0.5, 0.6) is 5.75 Å². The first-order valence-corrected chi connectivity index (χ1v) is 7.45. The summed E-state index contributed by atoms with van der Waals surface area (Å²) in [5.74, 6) is 1.55. The summed E-state index contributed by atoms with van der Waals surface area (Å²) >= 11 is 6.05. The summed E-state index contributed by atoms with van der Waals surface area (Å²) in [6.07, 6.45) is 8.24. The van der Waals surface area contributed by atoms with Crippen LogP contribution in [0.4, 0.5) is 0 Å². The molecule has 0 aliphatic heterocycles. The molecule has 0 N–H and O–H groups in total. The van der Waals surface area contributed by atoms with Crippen molar-refractivity contribution in [3.63, 3.8) is 0 Å². The number of hydrogen-bond donors (Lipinski definition) is 0. The van der Waals surface area contributed by atoms with Crippen molar-refractivity contribution in [1.29, 1.82) is 0 Å². The first-order chi connectivity index (χ1) is 9.20. The average Bonchev–Trinajstić information content (AvgIpc) is 2.45. The van der Waals surface area contributed by atoms with Gasteiger partial charge in [-0.15, -0.1) is 0 Å². The van der Waals surface area contributed by atoms with E-state index in [1.165, 1.54) is 32.1 Å². The molecule has 0 aromatic heterocycles. The van der Waals surface area contributed by atoms with Gasteiger partial charge >= 0.3 is 0 Å². The van der Waals surface area contributed by atoms with E-state index in [1.54, 1.807) is 25.3 Å². The van der Waals surface area contributed by atoms with E-state index in [0.29, 0.717) is 22.8 Å². The van der Waals surface area contributed by atoms with Gasteiger partial charge in [0, 0.05) is 12.0 Å². The Bertz CT molecular complexity index is 436. The van der Waals surface area contributed by atoms with E-state index in [0.717, 1.165) is 12.3 Å². The van der Waals surface area contributed by atoms with E-state index in [1.807, 2.05) is 0 Å². The summed E-state index contributed by atoms with van der Waals surface area (Å²) in [7, 11) is 1.58. The second-order valence-corrected chi connectivity index (χ2v) is 5.72. The minimum atomic E-state index is 0.190. The minimum Gasteiger partial charge on any atom is -0.495 e. The maximum Gasteiger partial charge on any atom is 0.162 e. The minimum absolute atomic E-state index is 0.190. The van der Waals surface area contributed by atoms with Crippen LogP contribution >= 0.6 is 11.6 Å². The smallest absolute Gasteiger partial charge is 0.162 e. The van der Waals surface area contributed by atoms with Crippen molar-refractivity contribution in [1.82, 2.24) is 0 Å². The van der Waals surface area contributed by atoms with E-state index in [4.69, 9.17) is 16.3 Å². The van der Waals surface area contributed by atoms with Crippen LogP contribution in [0.25, 0.3) is 0 Å². The fourth-order valence-electron chi connectivity index (χ4n) is 2.80. The second-order valence-electron chi connectivity index (χ2n) is 5.32. The number of halogens is 1. The molecule has 1 fully saturated rings. The van der Waals surface area contributed by atoms with Crippen molar-refractivity contribution in [2.75, 3.05) is 7.11 Å². The molecule has 1 aliphatic rings. The highest BCUT2D eigenvalue weighted by Gasteiger charge is 2.16. The fourth-order valence-corrected chi connectivity index (χ4v) is 3.05. The van der Waals surface area contributed by atoms with E-state index >= 15 is 0 Å². The highest BCUT2D eigenvalue weighted by molar-refractivity contribution is 6.32. The topological polar surface area (TPSA) is 26.3 Å². The van der Waals surface area contributed by atoms with Crippen molar-refractivity contribution in [3.05, 3.63) is 28.8 Å². The first-order valence-electron chi connectivity index (χ1n) is 7.07. The summed E-state index contributed by atoms with van der Waals surface area (Å²) in [6.45, 7) is 0. The number of Topliss-reactive ketones (excluding diaryl/α,β-unsaturated/α-hetero) is 1. The molecule has 1 aliphatic carbocycles. The molecule has 0 saturated heterocycles.